The van der Waals surface area contributed by atoms with E-state index in [-0.39, 0.29) is 23.8 Å². The predicted molar refractivity (Wildman–Crippen MR) is 110 cm³/mol. The summed E-state index contributed by atoms with van der Waals surface area (Å²) in [6.07, 6.45) is 0.505. The van der Waals surface area contributed by atoms with E-state index in [1.165, 1.54) is 19.2 Å². The molecular weight excluding hydrogens is 392 g/mol. The summed E-state index contributed by atoms with van der Waals surface area (Å²) in [6.45, 7) is 2.57. The van der Waals surface area contributed by atoms with Crippen LogP contribution >= 0.6 is 0 Å². The van der Waals surface area contributed by atoms with Crippen LogP contribution in [0.3, 0.4) is 0 Å². The normalized spacial score (nSPS) is 11.1. The maximum atomic E-state index is 12.3. The van der Waals surface area contributed by atoms with Crippen molar-refractivity contribution in [3.05, 3.63) is 65.7 Å². The van der Waals surface area contributed by atoms with Crippen molar-refractivity contribution in [2.75, 3.05) is 20.2 Å². The molecule has 0 aliphatic heterocycles. The molecule has 1 N–H and O–H groups in total. The molecule has 29 heavy (non-hydrogen) atoms. The first-order valence-electron chi connectivity index (χ1n) is 9.35. The summed E-state index contributed by atoms with van der Waals surface area (Å²) in [6, 6.07) is 15.9. The fourth-order valence-electron chi connectivity index (χ4n) is 2.69. The number of hydrogen-bond donors (Lipinski definition) is 1. The Morgan fingerprint density at radius 3 is 2.24 bits per heavy atom. The molecule has 0 radical (unpaired) electrons. The van der Waals surface area contributed by atoms with Crippen molar-refractivity contribution in [1.82, 2.24) is 9.62 Å². The van der Waals surface area contributed by atoms with Gasteiger partial charge < -0.3 is 9.64 Å². The van der Waals surface area contributed by atoms with Gasteiger partial charge in [-0.15, -0.1) is 0 Å². The summed E-state index contributed by atoms with van der Waals surface area (Å²) >= 11 is 0. The average Bonchev–Trinajstić information content (AvgIpc) is 2.75. The Morgan fingerprint density at radius 2 is 1.66 bits per heavy atom. The molecular formula is C21H26N2O5S. The molecule has 7 nitrogen and oxygen atoms in total. The van der Waals surface area contributed by atoms with Crippen LogP contribution < -0.4 is 4.72 Å². The molecule has 1 amide bonds. The molecule has 0 unspecified atom stereocenters. The van der Waals surface area contributed by atoms with Crippen LogP contribution in [0.2, 0.25) is 0 Å². The number of carbonyl (C=O) groups is 2. The van der Waals surface area contributed by atoms with Crippen molar-refractivity contribution in [1.29, 1.82) is 0 Å². The van der Waals surface area contributed by atoms with Gasteiger partial charge >= 0.3 is 5.97 Å². The van der Waals surface area contributed by atoms with Crippen molar-refractivity contribution < 1.29 is 22.7 Å². The molecule has 0 bridgehead atoms. The maximum Gasteiger partial charge on any atom is 0.306 e. The Labute approximate surface area is 171 Å². The van der Waals surface area contributed by atoms with Gasteiger partial charge in [-0.05, 0) is 43.7 Å². The number of benzene rings is 2. The first-order chi connectivity index (χ1) is 13.9. The van der Waals surface area contributed by atoms with Crippen LogP contribution in [-0.4, -0.2) is 45.4 Å². The topological polar surface area (TPSA) is 92.8 Å². The third-order valence-corrected chi connectivity index (χ3v) is 5.86. The summed E-state index contributed by atoms with van der Waals surface area (Å²) < 4.78 is 30.8. The molecule has 2 aromatic rings. The van der Waals surface area contributed by atoms with Gasteiger partial charge in [-0.1, -0.05) is 42.5 Å². The van der Waals surface area contributed by atoms with Crippen molar-refractivity contribution in [2.24, 2.45) is 0 Å². The Kier molecular flexibility index (Phi) is 8.35. The number of amides is 1. The zero-order valence-electron chi connectivity index (χ0n) is 16.6. The Hall–Kier alpha value is -2.71. The van der Waals surface area contributed by atoms with E-state index in [0.717, 1.165) is 11.1 Å². The molecule has 0 spiro atoms. The number of carbonyl (C=O) groups excluding carboxylic acids is 2. The van der Waals surface area contributed by atoms with Crippen molar-refractivity contribution in [3.63, 3.8) is 0 Å². The minimum atomic E-state index is -3.48. The van der Waals surface area contributed by atoms with Gasteiger partial charge in [0.2, 0.25) is 10.0 Å². The number of likely N-dealkylation sites (N-methyl/N-ethyl adjacent to an activating group) is 1. The highest BCUT2D eigenvalue weighted by Crippen LogP contribution is 2.12. The molecule has 0 saturated heterocycles. The van der Waals surface area contributed by atoms with E-state index >= 15 is 0 Å². The first kappa shape index (κ1) is 22.6. The van der Waals surface area contributed by atoms with E-state index in [9.17, 15) is 18.0 Å². The summed E-state index contributed by atoms with van der Waals surface area (Å²) in [7, 11) is -2.13. The summed E-state index contributed by atoms with van der Waals surface area (Å²) in [4.78, 5) is 26.1. The Bertz CT molecular complexity index is 912. The SMILES string of the molecule is CCN(Cc1ccccc1)C(=O)COC(=O)CCc1ccc(S(=O)(=O)NC)cc1. The lowest BCUT2D eigenvalue weighted by atomic mass is 10.1. The van der Waals surface area contributed by atoms with Gasteiger partial charge in [0.1, 0.15) is 0 Å². The number of sulfonamides is 1. The third-order valence-electron chi connectivity index (χ3n) is 4.43. The molecule has 0 heterocycles. The highest BCUT2D eigenvalue weighted by atomic mass is 32.2. The van der Waals surface area contributed by atoms with Crippen LogP contribution in [0.15, 0.2) is 59.5 Å². The molecule has 0 aliphatic rings. The summed E-state index contributed by atoms with van der Waals surface area (Å²) in [5.74, 6) is -0.715. The number of rotatable bonds is 10. The monoisotopic (exact) mass is 418 g/mol. The lowest BCUT2D eigenvalue weighted by Gasteiger charge is -2.20. The highest BCUT2D eigenvalue weighted by Gasteiger charge is 2.15. The van der Waals surface area contributed by atoms with Crippen molar-refractivity contribution >= 4 is 21.9 Å². The van der Waals surface area contributed by atoms with Crippen LogP contribution in [0.1, 0.15) is 24.5 Å². The Balaban J connectivity index is 1.79. The largest absolute Gasteiger partial charge is 0.456 e. The Morgan fingerprint density at radius 1 is 1.00 bits per heavy atom. The minimum Gasteiger partial charge on any atom is -0.456 e. The zero-order valence-corrected chi connectivity index (χ0v) is 17.4. The number of esters is 1. The van der Waals surface area contributed by atoms with Gasteiger partial charge in [-0.25, -0.2) is 13.1 Å². The number of ether oxygens (including phenoxy) is 1. The second-order valence-electron chi connectivity index (χ2n) is 6.41. The van der Waals surface area contributed by atoms with Crippen LogP contribution in [0, 0.1) is 0 Å². The summed E-state index contributed by atoms with van der Waals surface area (Å²) in [5.41, 5.74) is 1.82. The molecule has 0 atom stereocenters. The smallest absolute Gasteiger partial charge is 0.306 e. The molecule has 0 aromatic heterocycles. The second kappa shape index (κ2) is 10.7. The quantitative estimate of drug-likeness (QED) is 0.597. The number of nitrogens with one attached hydrogen (secondary N) is 1. The number of hydrogen-bond acceptors (Lipinski definition) is 5. The molecule has 0 aliphatic carbocycles. The zero-order chi connectivity index (χ0) is 21.3. The van der Waals surface area contributed by atoms with Crippen molar-refractivity contribution in [2.45, 2.75) is 31.2 Å². The van der Waals surface area contributed by atoms with Gasteiger partial charge in [0, 0.05) is 19.5 Å². The van der Waals surface area contributed by atoms with Gasteiger partial charge in [0.25, 0.3) is 5.91 Å². The van der Waals surface area contributed by atoms with Crippen LogP contribution in [0.4, 0.5) is 0 Å². The average molecular weight is 419 g/mol. The van der Waals surface area contributed by atoms with Gasteiger partial charge in [-0.2, -0.15) is 0 Å². The predicted octanol–water partition coefficient (Wildman–Crippen LogP) is 2.12. The highest BCUT2D eigenvalue weighted by molar-refractivity contribution is 7.89. The molecule has 8 heteroatoms. The van der Waals surface area contributed by atoms with E-state index in [2.05, 4.69) is 4.72 Å². The van der Waals surface area contributed by atoms with E-state index in [1.54, 1.807) is 17.0 Å². The molecule has 2 aromatic carbocycles. The molecule has 0 saturated carbocycles. The van der Waals surface area contributed by atoms with Gasteiger partial charge in [0.15, 0.2) is 6.61 Å². The van der Waals surface area contributed by atoms with Gasteiger partial charge in [0.05, 0.1) is 4.90 Å². The van der Waals surface area contributed by atoms with E-state index in [0.29, 0.717) is 19.5 Å². The maximum absolute atomic E-state index is 12.3. The lowest BCUT2D eigenvalue weighted by Crippen LogP contribution is -2.34. The van der Waals surface area contributed by atoms with E-state index in [4.69, 9.17) is 4.74 Å². The molecule has 156 valence electrons. The fourth-order valence-corrected chi connectivity index (χ4v) is 3.42. The number of nitrogens with zero attached hydrogens (tertiary/aromatic N) is 1. The molecule has 2 rings (SSSR count). The van der Waals surface area contributed by atoms with Crippen molar-refractivity contribution in [3.8, 4) is 0 Å². The van der Waals surface area contributed by atoms with Crippen LogP contribution in [-0.2, 0) is 37.3 Å². The standard InChI is InChI=1S/C21H26N2O5S/c1-3-23(15-18-7-5-4-6-8-18)20(24)16-28-21(25)14-11-17-9-12-19(13-10-17)29(26,27)22-2/h4-10,12-13,22H,3,11,14-16H2,1-2H3. The lowest BCUT2D eigenvalue weighted by molar-refractivity contribution is -0.152. The number of aryl methyl sites for hydroxylation is 1. The van der Waals surface area contributed by atoms with Gasteiger partial charge in [-0.3, -0.25) is 9.59 Å². The first-order valence-corrected chi connectivity index (χ1v) is 10.8. The summed E-state index contributed by atoms with van der Waals surface area (Å²) in [5, 5.41) is 0. The van der Waals surface area contributed by atoms with E-state index in [1.807, 2.05) is 37.3 Å². The van der Waals surface area contributed by atoms with Crippen LogP contribution in [0.25, 0.3) is 0 Å². The fraction of sp³-hybridized carbons (Fsp3) is 0.333. The second-order valence-corrected chi connectivity index (χ2v) is 8.29. The van der Waals surface area contributed by atoms with E-state index < -0.39 is 16.0 Å². The third kappa shape index (κ3) is 6.99. The molecule has 0 fully saturated rings. The van der Waals surface area contributed by atoms with Crippen LogP contribution in [0.5, 0.6) is 0 Å². The minimum absolute atomic E-state index is 0.107.